The fourth-order valence-corrected chi connectivity index (χ4v) is 3.06. The summed E-state index contributed by atoms with van der Waals surface area (Å²) in [5.74, 6) is 0. The molecule has 0 fully saturated rings. The lowest BCUT2D eigenvalue weighted by atomic mass is 10.1. The average Bonchev–Trinajstić information content (AvgIpc) is 2.84. The molecule has 6 heteroatoms. The molecule has 0 radical (unpaired) electrons. The molecule has 1 aromatic carbocycles. The lowest BCUT2D eigenvalue weighted by Crippen LogP contribution is -2.21. The maximum Gasteiger partial charge on any atom is 0.287 e. The Bertz CT molecular complexity index is 727. The second kappa shape index (κ2) is 5.11. The van der Waals surface area contributed by atoms with E-state index in [4.69, 9.17) is 23.2 Å². The Morgan fingerprint density at radius 2 is 2.20 bits per heavy atom. The highest BCUT2D eigenvalue weighted by atomic mass is 35.5. The maximum atomic E-state index is 11.8. The number of benzene rings is 1. The van der Waals surface area contributed by atoms with Crippen LogP contribution in [0.25, 0.3) is 0 Å². The first-order valence-corrected chi connectivity index (χ1v) is 7.09. The molecular weight excluding hydrogens is 297 g/mol. The molecule has 0 saturated heterocycles. The minimum absolute atomic E-state index is 0.107. The Kier molecular flexibility index (Phi) is 3.44. The van der Waals surface area contributed by atoms with E-state index in [9.17, 15) is 4.79 Å². The Hall–Kier alpha value is -1.52. The molecule has 1 atom stereocenters. The van der Waals surface area contributed by atoms with Crippen LogP contribution in [0.2, 0.25) is 10.0 Å². The number of hydrogen-bond acceptors (Lipinski definition) is 3. The summed E-state index contributed by atoms with van der Waals surface area (Å²) in [5.41, 5.74) is 2.59. The monoisotopic (exact) mass is 309 g/mol. The molecule has 1 aliphatic carbocycles. The molecule has 0 aliphatic heterocycles. The van der Waals surface area contributed by atoms with Gasteiger partial charge in [0.2, 0.25) is 0 Å². The van der Waals surface area contributed by atoms with Crippen molar-refractivity contribution in [2.75, 3.05) is 5.32 Å². The minimum atomic E-state index is -0.305. The lowest BCUT2D eigenvalue weighted by molar-refractivity contribution is 0.702. The van der Waals surface area contributed by atoms with Gasteiger partial charge in [0.15, 0.2) is 0 Å². The molecular formula is C14H13Cl2N3O. The van der Waals surface area contributed by atoms with Crippen LogP contribution in [0.5, 0.6) is 0 Å². The van der Waals surface area contributed by atoms with E-state index < -0.39 is 0 Å². The number of rotatable bonds is 2. The van der Waals surface area contributed by atoms with Crippen molar-refractivity contribution >= 4 is 28.9 Å². The number of nitrogens with one attached hydrogen (secondary N) is 1. The van der Waals surface area contributed by atoms with Gasteiger partial charge in [-0.3, -0.25) is 4.79 Å². The van der Waals surface area contributed by atoms with E-state index in [-0.39, 0.29) is 16.6 Å². The number of hydrogen-bond donors (Lipinski definition) is 1. The molecule has 1 aliphatic rings. The second-order valence-electron chi connectivity index (χ2n) is 4.84. The third-order valence-corrected chi connectivity index (χ3v) is 4.34. The van der Waals surface area contributed by atoms with Gasteiger partial charge in [0.1, 0.15) is 5.02 Å². The van der Waals surface area contributed by atoms with Crippen molar-refractivity contribution in [1.82, 2.24) is 9.78 Å². The molecule has 104 valence electrons. The van der Waals surface area contributed by atoms with Crippen LogP contribution in [0.3, 0.4) is 0 Å². The van der Waals surface area contributed by atoms with Gasteiger partial charge < -0.3 is 5.32 Å². The number of aromatic nitrogens is 2. The van der Waals surface area contributed by atoms with Crippen LogP contribution in [-0.4, -0.2) is 9.78 Å². The smallest absolute Gasteiger partial charge is 0.287 e. The van der Waals surface area contributed by atoms with Crippen molar-refractivity contribution in [2.45, 2.75) is 18.9 Å². The predicted molar refractivity (Wildman–Crippen MR) is 80.6 cm³/mol. The van der Waals surface area contributed by atoms with E-state index in [0.717, 1.165) is 23.4 Å². The summed E-state index contributed by atoms with van der Waals surface area (Å²) in [6.07, 6.45) is 3.42. The number of fused-ring (bicyclic) bond motifs is 1. The van der Waals surface area contributed by atoms with Crippen LogP contribution >= 0.6 is 23.2 Å². The van der Waals surface area contributed by atoms with Gasteiger partial charge in [-0.25, -0.2) is 4.68 Å². The molecule has 0 spiro atoms. The average molecular weight is 310 g/mol. The van der Waals surface area contributed by atoms with Crippen molar-refractivity contribution in [1.29, 1.82) is 0 Å². The van der Waals surface area contributed by atoms with Crippen molar-refractivity contribution in [3.05, 3.63) is 55.9 Å². The maximum absolute atomic E-state index is 11.8. The Balaban J connectivity index is 1.94. The molecule has 3 rings (SSSR count). The van der Waals surface area contributed by atoms with Crippen molar-refractivity contribution in [3.63, 3.8) is 0 Å². The van der Waals surface area contributed by atoms with E-state index in [1.807, 2.05) is 18.2 Å². The van der Waals surface area contributed by atoms with Crippen LogP contribution in [0.15, 0.2) is 29.2 Å². The summed E-state index contributed by atoms with van der Waals surface area (Å²) < 4.78 is 1.22. The van der Waals surface area contributed by atoms with Crippen LogP contribution < -0.4 is 10.9 Å². The second-order valence-corrected chi connectivity index (χ2v) is 5.63. The molecule has 4 nitrogen and oxygen atoms in total. The standard InChI is InChI=1S/C14H13Cl2N3O/c1-19-14(20)13(16)12(7-17-19)18-11-6-5-8-9(11)3-2-4-10(8)15/h2-4,7,11,18H,5-6H2,1H3/t11-/m0/s1. The quantitative estimate of drug-likeness (QED) is 0.926. The van der Waals surface area contributed by atoms with Crippen LogP contribution in [-0.2, 0) is 13.5 Å². The van der Waals surface area contributed by atoms with Crippen LogP contribution in [0, 0.1) is 0 Å². The highest BCUT2D eigenvalue weighted by Crippen LogP contribution is 2.37. The zero-order chi connectivity index (χ0) is 14.3. The van der Waals surface area contributed by atoms with Gasteiger partial charge in [0.25, 0.3) is 5.56 Å². The van der Waals surface area contributed by atoms with Gasteiger partial charge in [0, 0.05) is 12.1 Å². The van der Waals surface area contributed by atoms with E-state index in [2.05, 4.69) is 10.4 Å². The first-order chi connectivity index (χ1) is 9.58. The van der Waals surface area contributed by atoms with Gasteiger partial charge in [-0.05, 0) is 30.0 Å². The number of halogens is 2. The summed E-state index contributed by atoms with van der Waals surface area (Å²) in [4.78, 5) is 11.8. The Labute approximate surface area is 126 Å². The summed E-state index contributed by atoms with van der Waals surface area (Å²) in [6.45, 7) is 0. The van der Waals surface area contributed by atoms with Gasteiger partial charge in [-0.2, -0.15) is 5.10 Å². The SMILES string of the molecule is Cn1ncc(N[C@H]2CCc3c(Cl)cccc32)c(Cl)c1=O. The van der Waals surface area contributed by atoms with Gasteiger partial charge in [-0.1, -0.05) is 35.3 Å². The van der Waals surface area contributed by atoms with Crippen LogP contribution in [0.4, 0.5) is 5.69 Å². The van der Waals surface area contributed by atoms with Crippen molar-refractivity contribution in [2.24, 2.45) is 7.05 Å². The normalized spacial score (nSPS) is 17.1. The molecule has 0 unspecified atom stereocenters. The fraction of sp³-hybridized carbons (Fsp3) is 0.286. The molecule has 1 heterocycles. The topological polar surface area (TPSA) is 46.9 Å². The van der Waals surface area contributed by atoms with E-state index in [0.29, 0.717) is 5.69 Å². The number of anilines is 1. The third kappa shape index (κ3) is 2.19. The van der Waals surface area contributed by atoms with E-state index in [1.54, 1.807) is 13.2 Å². The molecule has 0 saturated carbocycles. The number of nitrogens with zero attached hydrogens (tertiary/aromatic N) is 2. The van der Waals surface area contributed by atoms with Gasteiger partial charge in [-0.15, -0.1) is 0 Å². The summed E-state index contributed by atoms with van der Waals surface area (Å²) >= 11 is 12.3. The highest BCUT2D eigenvalue weighted by Gasteiger charge is 2.25. The molecule has 0 amide bonds. The first-order valence-electron chi connectivity index (χ1n) is 6.33. The molecule has 0 bridgehead atoms. The first kappa shape index (κ1) is 13.5. The van der Waals surface area contributed by atoms with Gasteiger partial charge >= 0.3 is 0 Å². The largest absolute Gasteiger partial charge is 0.376 e. The molecule has 20 heavy (non-hydrogen) atoms. The Morgan fingerprint density at radius 3 is 3.00 bits per heavy atom. The van der Waals surface area contributed by atoms with E-state index in [1.165, 1.54) is 10.2 Å². The third-order valence-electron chi connectivity index (χ3n) is 3.62. The predicted octanol–water partition coefficient (Wildman–Crippen LogP) is 3.19. The zero-order valence-corrected chi connectivity index (χ0v) is 12.4. The molecule has 1 aromatic heterocycles. The lowest BCUT2D eigenvalue weighted by Gasteiger charge is -2.16. The Morgan fingerprint density at radius 1 is 1.40 bits per heavy atom. The summed E-state index contributed by atoms with van der Waals surface area (Å²) in [6, 6.07) is 5.99. The van der Waals surface area contributed by atoms with Crippen molar-refractivity contribution < 1.29 is 0 Å². The molecule has 2 aromatic rings. The minimum Gasteiger partial charge on any atom is -0.376 e. The zero-order valence-electron chi connectivity index (χ0n) is 10.9. The van der Waals surface area contributed by atoms with Crippen molar-refractivity contribution in [3.8, 4) is 0 Å². The summed E-state index contributed by atoms with van der Waals surface area (Å²) in [7, 11) is 1.57. The highest BCUT2D eigenvalue weighted by molar-refractivity contribution is 6.33. The van der Waals surface area contributed by atoms with Gasteiger partial charge in [0.05, 0.1) is 17.9 Å². The molecule has 1 N–H and O–H groups in total. The van der Waals surface area contributed by atoms with E-state index >= 15 is 0 Å². The fourth-order valence-electron chi connectivity index (χ4n) is 2.56. The number of aryl methyl sites for hydroxylation is 1. The van der Waals surface area contributed by atoms with Crippen LogP contribution in [0.1, 0.15) is 23.6 Å². The summed E-state index contributed by atoms with van der Waals surface area (Å²) in [5, 5.41) is 8.24.